The van der Waals surface area contributed by atoms with Gasteiger partial charge in [-0.2, -0.15) is 0 Å². The van der Waals surface area contributed by atoms with Crippen LogP contribution in [0.1, 0.15) is 27.7 Å². The molecule has 2 unspecified atom stereocenters. The summed E-state index contributed by atoms with van der Waals surface area (Å²) in [6.07, 6.45) is -1.08. The van der Waals surface area contributed by atoms with Crippen LogP contribution in [0.5, 0.6) is 0 Å². The molecule has 0 aromatic heterocycles. The van der Waals surface area contributed by atoms with Crippen LogP contribution in [-0.4, -0.2) is 33.6 Å². The summed E-state index contributed by atoms with van der Waals surface area (Å²) in [6, 6.07) is 0. The molecular formula is C8H18O3. The van der Waals surface area contributed by atoms with E-state index in [9.17, 15) is 10.2 Å². The van der Waals surface area contributed by atoms with Crippen LogP contribution in [-0.2, 0) is 0 Å². The Morgan fingerprint density at radius 3 is 1.64 bits per heavy atom. The molecule has 3 heteroatoms. The molecule has 3 nitrogen and oxygen atoms in total. The first kappa shape index (κ1) is 10.9. The van der Waals surface area contributed by atoms with E-state index in [1.807, 2.05) is 20.8 Å². The molecule has 0 aliphatic rings. The van der Waals surface area contributed by atoms with Crippen LogP contribution in [0.4, 0.5) is 0 Å². The topological polar surface area (TPSA) is 60.7 Å². The Hall–Kier alpha value is -0.120. The van der Waals surface area contributed by atoms with E-state index in [2.05, 4.69) is 0 Å². The first-order valence-corrected chi connectivity index (χ1v) is 3.74. The van der Waals surface area contributed by atoms with Gasteiger partial charge in [-0.05, 0) is 12.3 Å². The first-order valence-electron chi connectivity index (χ1n) is 3.74. The molecule has 0 saturated carbocycles. The monoisotopic (exact) mass is 162 g/mol. The van der Waals surface area contributed by atoms with Gasteiger partial charge in [-0.1, -0.05) is 20.8 Å². The molecule has 2 atom stereocenters. The molecular weight excluding hydrogens is 144 g/mol. The van der Waals surface area contributed by atoms with Gasteiger partial charge in [0, 0.05) is 0 Å². The molecule has 0 heterocycles. The van der Waals surface area contributed by atoms with E-state index in [4.69, 9.17) is 5.11 Å². The zero-order valence-corrected chi connectivity index (χ0v) is 7.63. The highest BCUT2D eigenvalue weighted by molar-refractivity contribution is 4.92. The summed E-state index contributed by atoms with van der Waals surface area (Å²) in [4.78, 5) is 0. The van der Waals surface area contributed by atoms with Crippen LogP contribution >= 0.6 is 0 Å². The van der Waals surface area contributed by atoms with Gasteiger partial charge in [0.1, 0.15) is 6.10 Å². The van der Waals surface area contributed by atoms with Crippen LogP contribution in [0.3, 0.4) is 0 Å². The third-order valence-corrected chi connectivity index (χ3v) is 2.34. The van der Waals surface area contributed by atoms with Crippen molar-refractivity contribution in [1.82, 2.24) is 0 Å². The maximum Gasteiger partial charge on any atom is 0.106 e. The Bertz CT molecular complexity index is 124. The van der Waals surface area contributed by atoms with Crippen molar-refractivity contribution in [3.63, 3.8) is 0 Å². The fourth-order valence-electron chi connectivity index (χ4n) is 0.678. The Balaban J connectivity index is 4.45. The van der Waals surface area contributed by atoms with Crippen molar-refractivity contribution in [2.45, 2.75) is 39.4 Å². The van der Waals surface area contributed by atoms with Crippen molar-refractivity contribution in [2.75, 3.05) is 6.61 Å². The van der Waals surface area contributed by atoms with Crippen molar-refractivity contribution >= 4 is 0 Å². The van der Waals surface area contributed by atoms with Gasteiger partial charge in [-0.3, -0.25) is 0 Å². The third kappa shape index (κ3) is 2.15. The summed E-state index contributed by atoms with van der Waals surface area (Å²) in [5, 5.41) is 27.6. The Kier molecular flexibility index (Phi) is 3.06. The predicted octanol–water partition coefficient (Wildman–Crippen LogP) is 0.137. The number of hydrogen-bond donors (Lipinski definition) is 3. The van der Waals surface area contributed by atoms with Crippen molar-refractivity contribution < 1.29 is 15.3 Å². The van der Waals surface area contributed by atoms with Gasteiger partial charge in [0.25, 0.3) is 0 Å². The molecule has 0 aliphatic heterocycles. The molecule has 0 fully saturated rings. The normalized spacial score (nSPS) is 21.0. The smallest absolute Gasteiger partial charge is 0.106 e. The van der Waals surface area contributed by atoms with E-state index in [0.717, 1.165) is 0 Å². The predicted molar refractivity (Wildman–Crippen MR) is 43.2 cm³/mol. The average Bonchev–Trinajstić information content (AvgIpc) is 1.83. The lowest BCUT2D eigenvalue weighted by molar-refractivity contribution is -0.142. The van der Waals surface area contributed by atoms with Gasteiger partial charge in [0.2, 0.25) is 0 Å². The minimum atomic E-state index is -1.25. The molecule has 0 spiro atoms. The minimum absolute atomic E-state index is 0.412. The third-order valence-electron chi connectivity index (χ3n) is 2.34. The van der Waals surface area contributed by atoms with E-state index < -0.39 is 23.7 Å². The second kappa shape index (κ2) is 3.09. The fourth-order valence-corrected chi connectivity index (χ4v) is 0.678. The van der Waals surface area contributed by atoms with Gasteiger partial charge in [-0.25, -0.2) is 0 Å². The SMILES string of the molecule is CC(C)(C)C(C)(O)C(O)CO. The van der Waals surface area contributed by atoms with Crippen LogP contribution in [0.2, 0.25) is 0 Å². The highest BCUT2D eigenvalue weighted by Gasteiger charge is 2.41. The number of rotatable bonds is 2. The zero-order valence-electron chi connectivity index (χ0n) is 7.63. The second-order valence-electron chi connectivity index (χ2n) is 4.10. The van der Waals surface area contributed by atoms with E-state index in [1.54, 1.807) is 0 Å². The molecule has 0 rings (SSSR count). The van der Waals surface area contributed by atoms with E-state index in [-0.39, 0.29) is 0 Å². The zero-order chi connectivity index (χ0) is 9.28. The lowest BCUT2D eigenvalue weighted by atomic mass is 9.74. The van der Waals surface area contributed by atoms with Crippen LogP contribution in [0.15, 0.2) is 0 Å². The minimum Gasteiger partial charge on any atom is -0.394 e. The van der Waals surface area contributed by atoms with Crippen LogP contribution < -0.4 is 0 Å². The first-order chi connectivity index (χ1) is 4.73. The molecule has 0 aliphatic carbocycles. The summed E-state index contributed by atoms with van der Waals surface area (Å²) < 4.78 is 0. The number of hydrogen-bond acceptors (Lipinski definition) is 3. The molecule has 0 saturated heterocycles. The Labute approximate surface area is 67.7 Å². The van der Waals surface area contributed by atoms with Gasteiger partial charge in [-0.15, -0.1) is 0 Å². The summed E-state index contributed by atoms with van der Waals surface area (Å²) in [5.41, 5.74) is -1.68. The van der Waals surface area contributed by atoms with E-state index in [1.165, 1.54) is 6.92 Å². The second-order valence-corrected chi connectivity index (χ2v) is 4.10. The van der Waals surface area contributed by atoms with Crippen LogP contribution in [0.25, 0.3) is 0 Å². The standard InChI is InChI=1S/C8H18O3/c1-7(2,3)8(4,11)6(10)5-9/h6,9-11H,5H2,1-4H3. The molecule has 3 N–H and O–H groups in total. The molecule has 0 aromatic carbocycles. The molecule has 11 heavy (non-hydrogen) atoms. The van der Waals surface area contributed by atoms with Gasteiger partial charge in [0.05, 0.1) is 12.2 Å². The fraction of sp³-hybridized carbons (Fsp3) is 1.00. The summed E-state index contributed by atoms with van der Waals surface area (Å²) in [7, 11) is 0. The lowest BCUT2D eigenvalue weighted by Crippen LogP contribution is -2.51. The maximum absolute atomic E-state index is 9.71. The molecule has 0 amide bonds. The van der Waals surface area contributed by atoms with Crippen molar-refractivity contribution in [2.24, 2.45) is 5.41 Å². The highest BCUT2D eigenvalue weighted by atomic mass is 16.4. The van der Waals surface area contributed by atoms with E-state index >= 15 is 0 Å². The Morgan fingerprint density at radius 1 is 1.18 bits per heavy atom. The summed E-state index contributed by atoms with van der Waals surface area (Å²) >= 11 is 0. The van der Waals surface area contributed by atoms with Gasteiger partial charge < -0.3 is 15.3 Å². The van der Waals surface area contributed by atoms with Crippen molar-refractivity contribution in [3.05, 3.63) is 0 Å². The highest BCUT2D eigenvalue weighted by Crippen LogP contribution is 2.32. The van der Waals surface area contributed by atoms with Crippen molar-refractivity contribution in [3.8, 4) is 0 Å². The summed E-state index contributed by atoms with van der Waals surface area (Å²) in [6.45, 7) is 6.54. The average molecular weight is 162 g/mol. The molecule has 68 valence electrons. The van der Waals surface area contributed by atoms with Gasteiger partial charge >= 0.3 is 0 Å². The lowest BCUT2D eigenvalue weighted by Gasteiger charge is -2.40. The molecule has 0 radical (unpaired) electrons. The number of aliphatic hydroxyl groups is 3. The summed E-state index contributed by atoms with van der Waals surface area (Å²) in [5.74, 6) is 0. The number of aliphatic hydroxyl groups excluding tert-OH is 2. The molecule has 0 bridgehead atoms. The quantitative estimate of drug-likeness (QED) is 0.541. The van der Waals surface area contributed by atoms with Crippen molar-refractivity contribution in [1.29, 1.82) is 0 Å². The maximum atomic E-state index is 9.71. The largest absolute Gasteiger partial charge is 0.394 e. The van der Waals surface area contributed by atoms with Crippen LogP contribution in [0, 0.1) is 5.41 Å². The van der Waals surface area contributed by atoms with Gasteiger partial charge in [0.15, 0.2) is 0 Å². The Morgan fingerprint density at radius 2 is 1.55 bits per heavy atom. The molecule has 0 aromatic rings. The van der Waals surface area contributed by atoms with E-state index in [0.29, 0.717) is 0 Å².